The lowest BCUT2D eigenvalue weighted by molar-refractivity contribution is 0.320. The number of halogens is 1. The number of likely N-dealkylation sites (tertiary alicyclic amines) is 1. The Balaban J connectivity index is 1.92. The smallest absolute Gasteiger partial charge is 0.0730 e. The monoisotopic (exact) mass is 288 g/mol. The third-order valence-corrected chi connectivity index (χ3v) is 5.11. The maximum Gasteiger partial charge on any atom is 0.0730 e. The van der Waals surface area contributed by atoms with E-state index in [4.69, 9.17) is 5.73 Å². The molecule has 2 rings (SSSR count). The minimum absolute atomic E-state index is 0.717. The lowest BCUT2D eigenvalue weighted by atomic mass is 10.1. The van der Waals surface area contributed by atoms with Crippen molar-refractivity contribution in [3.63, 3.8) is 0 Å². The molecule has 0 aromatic carbocycles. The first-order valence-electron chi connectivity index (χ1n) is 5.36. The Hall–Kier alpha value is 0.100. The molecular formula is C11H17BrN2S. The zero-order chi connectivity index (χ0) is 10.8. The largest absolute Gasteiger partial charge is 0.330 e. The summed E-state index contributed by atoms with van der Waals surface area (Å²) >= 11 is 5.42. The number of hydrogen-bond acceptors (Lipinski definition) is 3. The van der Waals surface area contributed by atoms with Crippen LogP contribution < -0.4 is 5.73 Å². The van der Waals surface area contributed by atoms with Gasteiger partial charge in [0.2, 0.25) is 0 Å². The van der Waals surface area contributed by atoms with Crippen molar-refractivity contribution >= 4 is 27.3 Å². The van der Waals surface area contributed by atoms with Crippen LogP contribution in [0.2, 0.25) is 0 Å². The molecular weight excluding hydrogens is 272 g/mol. The minimum Gasteiger partial charge on any atom is -0.330 e. The van der Waals surface area contributed by atoms with E-state index < -0.39 is 0 Å². The normalized spacial score (nSPS) is 22.5. The van der Waals surface area contributed by atoms with Crippen molar-refractivity contribution in [3.05, 3.63) is 20.3 Å². The molecule has 1 aliphatic heterocycles. The van der Waals surface area contributed by atoms with Crippen LogP contribution in [0.5, 0.6) is 0 Å². The molecule has 0 saturated carbocycles. The van der Waals surface area contributed by atoms with Gasteiger partial charge in [-0.2, -0.15) is 0 Å². The highest BCUT2D eigenvalue weighted by molar-refractivity contribution is 9.11. The molecule has 1 aromatic rings. The first-order chi connectivity index (χ1) is 7.19. The van der Waals surface area contributed by atoms with Crippen molar-refractivity contribution in [3.8, 4) is 0 Å². The molecule has 1 fully saturated rings. The van der Waals surface area contributed by atoms with Gasteiger partial charge in [0.1, 0.15) is 0 Å². The number of nitrogens with two attached hydrogens (primary N) is 1. The van der Waals surface area contributed by atoms with Gasteiger partial charge in [0.05, 0.1) is 3.79 Å². The second kappa shape index (κ2) is 4.95. The summed E-state index contributed by atoms with van der Waals surface area (Å²) in [6.45, 7) is 6.45. The van der Waals surface area contributed by atoms with Crippen LogP contribution in [0.3, 0.4) is 0 Å². The van der Waals surface area contributed by atoms with E-state index in [1.54, 1.807) is 0 Å². The van der Waals surface area contributed by atoms with Gasteiger partial charge < -0.3 is 5.73 Å². The maximum absolute atomic E-state index is 5.69. The van der Waals surface area contributed by atoms with Gasteiger partial charge >= 0.3 is 0 Å². The Bertz CT molecular complexity index is 318. The van der Waals surface area contributed by atoms with Crippen molar-refractivity contribution in [2.45, 2.75) is 19.9 Å². The topological polar surface area (TPSA) is 29.3 Å². The molecule has 0 radical (unpaired) electrons. The fourth-order valence-electron chi connectivity index (χ4n) is 2.07. The average molecular weight is 289 g/mol. The Morgan fingerprint density at radius 2 is 2.47 bits per heavy atom. The first kappa shape index (κ1) is 11.6. The van der Waals surface area contributed by atoms with Gasteiger partial charge in [0.25, 0.3) is 0 Å². The van der Waals surface area contributed by atoms with Crippen LogP contribution in [0.25, 0.3) is 0 Å². The van der Waals surface area contributed by atoms with E-state index in [2.05, 4.69) is 33.8 Å². The molecule has 84 valence electrons. The first-order valence-corrected chi connectivity index (χ1v) is 6.97. The lowest BCUT2D eigenvalue weighted by Gasteiger charge is -2.13. The molecule has 2 nitrogen and oxygen atoms in total. The number of thiophene rings is 1. The standard InChI is InChI=1S/C11H17BrN2S/c1-8-4-10(15-11(8)12)7-14-3-2-9(5-13)6-14/h4,9H,2-3,5-7,13H2,1H3. The number of hydrogen-bond donors (Lipinski definition) is 1. The van der Waals surface area contributed by atoms with Crippen molar-refractivity contribution in [2.24, 2.45) is 11.7 Å². The fraction of sp³-hybridized carbons (Fsp3) is 0.636. The van der Waals surface area contributed by atoms with E-state index >= 15 is 0 Å². The van der Waals surface area contributed by atoms with Gasteiger partial charge in [0, 0.05) is 18.0 Å². The van der Waals surface area contributed by atoms with Crippen molar-refractivity contribution in [1.82, 2.24) is 4.90 Å². The number of rotatable bonds is 3. The summed E-state index contributed by atoms with van der Waals surface area (Å²) in [7, 11) is 0. The third-order valence-electron chi connectivity index (χ3n) is 2.99. The fourth-order valence-corrected chi connectivity index (χ4v) is 3.74. The summed E-state index contributed by atoms with van der Waals surface area (Å²) in [6.07, 6.45) is 1.27. The molecule has 1 aliphatic rings. The zero-order valence-electron chi connectivity index (χ0n) is 9.00. The summed E-state index contributed by atoms with van der Waals surface area (Å²) in [5.41, 5.74) is 7.04. The molecule has 0 aliphatic carbocycles. The van der Waals surface area contributed by atoms with Gasteiger partial charge in [-0.1, -0.05) is 0 Å². The summed E-state index contributed by atoms with van der Waals surface area (Å²) in [5, 5.41) is 0. The van der Waals surface area contributed by atoms with Crippen LogP contribution >= 0.6 is 27.3 Å². The predicted molar refractivity (Wildman–Crippen MR) is 69.2 cm³/mol. The highest BCUT2D eigenvalue weighted by Crippen LogP contribution is 2.29. The van der Waals surface area contributed by atoms with E-state index in [-0.39, 0.29) is 0 Å². The predicted octanol–water partition coefficient (Wildman–Crippen LogP) is 2.60. The van der Waals surface area contributed by atoms with Crippen LogP contribution in [0.1, 0.15) is 16.9 Å². The molecule has 0 spiro atoms. The van der Waals surface area contributed by atoms with Crippen molar-refractivity contribution in [2.75, 3.05) is 19.6 Å². The molecule has 2 heterocycles. The highest BCUT2D eigenvalue weighted by atomic mass is 79.9. The molecule has 0 bridgehead atoms. The Morgan fingerprint density at radius 3 is 3.00 bits per heavy atom. The Morgan fingerprint density at radius 1 is 1.67 bits per heavy atom. The second-order valence-corrected chi connectivity index (χ2v) is 6.75. The van der Waals surface area contributed by atoms with Gasteiger partial charge in [-0.3, -0.25) is 4.90 Å². The average Bonchev–Trinajstić information content (AvgIpc) is 2.76. The van der Waals surface area contributed by atoms with E-state index in [1.165, 1.54) is 33.7 Å². The van der Waals surface area contributed by atoms with Crippen molar-refractivity contribution in [1.29, 1.82) is 0 Å². The van der Waals surface area contributed by atoms with Crippen LogP contribution in [-0.2, 0) is 6.54 Å². The van der Waals surface area contributed by atoms with Crippen LogP contribution in [-0.4, -0.2) is 24.5 Å². The molecule has 1 saturated heterocycles. The quantitative estimate of drug-likeness (QED) is 0.926. The highest BCUT2D eigenvalue weighted by Gasteiger charge is 2.21. The van der Waals surface area contributed by atoms with Gasteiger partial charge in [-0.05, 0) is 59.9 Å². The van der Waals surface area contributed by atoms with Crippen LogP contribution in [0.15, 0.2) is 9.85 Å². The molecule has 4 heteroatoms. The van der Waals surface area contributed by atoms with Crippen LogP contribution in [0.4, 0.5) is 0 Å². The molecule has 1 atom stereocenters. The minimum atomic E-state index is 0.717. The van der Waals surface area contributed by atoms with E-state index in [0.717, 1.165) is 19.0 Å². The number of nitrogens with zero attached hydrogens (tertiary/aromatic N) is 1. The van der Waals surface area contributed by atoms with Gasteiger partial charge in [-0.15, -0.1) is 11.3 Å². The van der Waals surface area contributed by atoms with Gasteiger partial charge in [-0.25, -0.2) is 0 Å². The summed E-state index contributed by atoms with van der Waals surface area (Å²) in [6, 6.07) is 2.28. The second-order valence-electron chi connectivity index (χ2n) is 4.29. The Kier molecular flexibility index (Phi) is 3.83. The van der Waals surface area contributed by atoms with Crippen molar-refractivity contribution < 1.29 is 0 Å². The van der Waals surface area contributed by atoms with Gasteiger partial charge in [0.15, 0.2) is 0 Å². The molecule has 2 N–H and O–H groups in total. The molecule has 1 unspecified atom stereocenters. The summed E-state index contributed by atoms with van der Waals surface area (Å²) in [5.74, 6) is 0.717. The van der Waals surface area contributed by atoms with E-state index in [1.807, 2.05) is 11.3 Å². The summed E-state index contributed by atoms with van der Waals surface area (Å²) in [4.78, 5) is 3.96. The number of aryl methyl sites for hydroxylation is 1. The molecule has 15 heavy (non-hydrogen) atoms. The lowest BCUT2D eigenvalue weighted by Crippen LogP contribution is -2.22. The molecule has 0 amide bonds. The molecule has 1 aromatic heterocycles. The summed E-state index contributed by atoms with van der Waals surface area (Å²) < 4.78 is 1.27. The Labute approximate surface area is 104 Å². The third kappa shape index (κ3) is 2.81. The SMILES string of the molecule is Cc1cc(CN2CCC(CN)C2)sc1Br. The van der Waals surface area contributed by atoms with E-state index in [9.17, 15) is 0 Å². The maximum atomic E-state index is 5.69. The van der Waals surface area contributed by atoms with Crippen LogP contribution in [0, 0.1) is 12.8 Å². The zero-order valence-corrected chi connectivity index (χ0v) is 11.4. The van der Waals surface area contributed by atoms with E-state index in [0.29, 0.717) is 0 Å².